The van der Waals surface area contributed by atoms with Gasteiger partial charge in [-0.25, -0.2) is 4.68 Å². The van der Waals surface area contributed by atoms with E-state index in [1.807, 2.05) is 35.1 Å². The number of para-hydroxylation sites is 1. The van der Waals surface area contributed by atoms with Gasteiger partial charge in [0.15, 0.2) is 18.3 Å². The molecule has 0 N–H and O–H groups in total. The number of fused-ring (bicyclic) bond motifs is 1. The molecule has 1 aliphatic rings. The van der Waals surface area contributed by atoms with E-state index >= 15 is 0 Å². The Bertz CT molecular complexity index is 812. The van der Waals surface area contributed by atoms with E-state index < -0.39 is 0 Å². The number of carbonyl (C=O) groups is 1. The van der Waals surface area contributed by atoms with Crippen molar-refractivity contribution in [1.82, 2.24) is 9.78 Å². The van der Waals surface area contributed by atoms with Gasteiger partial charge in [0.05, 0.1) is 11.7 Å². The first-order chi connectivity index (χ1) is 10.9. The maximum Gasteiger partial charge on any atom is 0.185 e. The molecule has 1 unspecified atom stereocenters. The molecule has 22 heavy (non-hydrogen) atoms. The van der Waals surface area contributed by atoms with Crippen molar-refractivity contribution in [1.29, 1.82) is 0 Å². The second-order valence-corrected chi connectivity index (χ2v) is 5.47. The van der Waals surface area contributed by atoms with Crippen molar-refractivity contribution in [3.8, 4) is 11.3 Å². The highest BCUT2D eigenvalue weighted by Crippen LogP contribution is 2.33. The second-order valence-electron chi connectivity index (χ2n) is 5.47. The molecule has 1 saturated heterocycles. The average Bonchev–Trinajstić information content (AvgIpc) is 3.22. The third-order valence-corrected chi connectivity index (χ3v) is 4.05. The molecule has 1 fully saturated rings. The Hall–Kier alpha value is -2.40. The molecule has 1 atom stereocenters. The summed E-state index contributed by atoms with van der Waals surface area (Å²) in [5, 5.41) is 5.55. The van der Waals surface area contributed by atoms with Gasteiger partial charge < -0.3 is 9.15 Å². The molecule has 5 heteroatoms. The summed E-state index contributed by atoms with van der Waals surface area (Å²) in [4.78, 5) is 10.8. The normalized spacial score (nSPS) is 18.6. The molecule has 3 aromatic rings. The van der Waals surface area contributed by atoms with Gasteiger partial charge in [-0.1, -0.05) is 12.1 Å². The lowest BCUT2D eigenvalue weighted by Gasteiger charge is -2.24. The van der Waals surface area contributed by atoms with Crippen molar-refractivity contribution >= 4 is 17.2 Å². The fraction of sp³-hybridized carbons (Fsp3) is 0.294. The molecular formula is C17H16N2O3. The summed E-state index contributed by atoms with van der Waals surface area (Å²) in [7, 11) is 0. The Balaban J connectivity index is 1.87. The number of ether oxygens (including phenoxy) is 1. The minimum atomic E-state index is -0.0343. The molecule has 112 valence electrons. The average molecular weight is 296 g/mol. The number of furan rings is 1. The summed E-state index contributed by atoms with van der Waals surface area (Å²) >= 11 is 0. The summed E-state index contributed by atoms with van der Waals surface area (Å²) in [6, 6.07) is 9.47. The van der Waals surface area contributed by atoms with Crippen molar-refractivity contribution in [3.05, 3.63) is 42.3 Å². The number of rotatable bonds is 3. The van der Waals surface area contributed by atoms with Gasteiger partial charge in [0.2, 0.25) is 0 Å². The van der Waals surface area contributed by atoms with Crippen molar-refractivity contribution in [2.75, 3.05) is 6.61 Å². The largest absolute Gasteiger partial charge is 0.453 e. The number of nitrogens with zero attached hydrogens (tertiary/aromatic N) is 2. The molecule has 4 rings (SSSR count). The highest BCUT2D eigenvalue weighted by atomic mass is 16.5. The van der Waals surface area contributed by atoms with E-state index in [1.54, 1.807) is 6.07 Å². The van der Waals surface area contributed by atoms with Crippen molar-refractivity contribution in [2.24, 2.45) is 0 Å². The zero-order chi connectivity index (χ0) is 14.9. The Morgan fingerprint density at radius 3 is 2.95 bits per heavy atom. The highest BCUT2D eigenvalue weighted by Gasteiger charge is 2.21. The number of aromatic nitrogens is 2. The summed E-state index contributed by atoms with van der Waals surface area (Å²) < 4.78 is 13.4. The quantitative estimate of drug-likeness (QED) is 0.690. The molecule has 3 heterocycles. The fourth-order valence-electron chi connectivity index (χ4n) is 3.00. The van der Waals surface area contributed by atoms with Crippen LogP contribution >= 0.6 is 0 Å². The SMILES string of the molecule is O=Cc1ccc(-c2cccc3cnn(C4CCCCO4)c23)o1. The zero-order valence-corrected chi connectivity index (χ0v) is 12.1. The van der Waals surface area contributed by atoms with Gasteiger partial charge in [-0.2, -0.15) is 5.10 Å². The molecule has 0 aliphatic carbocycles. The lowest BCUT2D eigenvalue weighted by Crippen LogP contribution is -2.19. The van der Waals surface area contributed by atoms with Gasteiger partial charge >= 0.3 is 0 Å². The van der Waals surface area contributed by atoms with Gasteiger partial charge in [0.25, 0.3) is 0 Å². The van der Waals surface area contributed by atoms with E-state index in [9.17, 15) is 4.79 Å². The Labute approximate surface area is 127 Å². The van der Waals surface area contributed by atoms with E-state index in [-0.39, 0.29) is 6.23 Å². The van der Waals surface area contributed by atoms with Crippen molar-refractivity contribution in [3.63, 3.8) is 0 Å². The Kier molecular flexibility index (Phi) is 3.27. The molecule has 5 nitrogen and oxygen atoms in total. The summed E-state index contributed by atoms with van der Waals surface area (Å²) in [6.07, 6.45) is 5.73. The smallest absolute Gasteiger partial charge is 0.185 e. The Morgan fingerprint density at radius 2 is 2.18 bits per heavy atom. The summed E-state index contributed by atoms with van der Waals surface area (Å²) in [6.45, 7) is 0.768. The van der Waals surface area contributed by atoms with Crippen LogP contribution in [-0.4, -0.2) is 22.7 Å². The van der Waals surface area contributed by atoms with E-state index in [1.165, 1.54) is 0 Å². The third-order valence-electron chi connectivity index (χ3n) is 4.05. The van der Waals surface area contributed by atoms with E-state index in [0.29, 0.717) is 17.8 Å². The minimum absolute atomic E-state index is 0.0343. The Morgan fingerprint density at radius 1 is 1.23 bits per heavy atom. The molecule has 0 amide bonds. The predicted molar refractivity (Wildman–Crippen MR) is 81.7 cm³/mol. The van der Waals surface area contributed by atoms with Gasteiger partial charge in [0, 0.05) is 17.6 Å². The van der Waals surface area contributed by atoms with Crippen LogP contribution < -0.4 is 0 Å². The van der Waals surface area contributed by atoms with Crippen LogP contribution in [0.4, 0.5) is 0 Å². The maximum absolute atomic E-state index is 10.8. The predicted octanol–water partition coefficient (Wildman–Crippen LogP) is 3.81. The number of aldehydes is 1. The third kappa shape index (κ3) is 2.14. The van der Waals surface area contributed by atoms with Crippen LogP contribution in [0.1, 0.15) is 36.0 Å². The first kappa shape index (κ1) is 13.3. The van der Waals surface area contributed by atoms with E-state index in [0.717, 1.165) is 42.3 Å². The molecular weight excluding hydrogens is 280 g/mol. The van der Waals surface area contributed by atoms with E-state index in [4.69, 9.17) is 9.15 Å². The van der Waals surface area contributed by atoms with Crippen LogP contribution in [0.2, 0.25) is 0 Å². The van der Waals surface area contributed by atoms with Crippen LogP contribution in [0.15, 0.2) is 40.9 Å². The lowest BCUT2D eigenvalue weighted by molar-refractivity contribution is -0.0366. The molecule has 0 bridgehead atoms. The van der Waals surface area contributed by atoms with Gasteiger partial charge in [-0.15, -0.1) is 0 Å². The monoisotopic (exact) mass is 296 g/mol. The van der Waals surface area contributed by atoms with Crippen molar-refractivity contribution < 1.29 is 13.9 Å². The number of hydrogen-bond acceptors (Lipinski definition) is 4. The molecule has 0 radical (unpaired) electrons. The van der Waals surface area contributed by atoms with E-state index in [2.05, 4.69) is 5.10 Å². The van der Waals surface area contributed by atoms with Gasteiger partial charge in [-0.05, 0) is 37.5 Å². The lowest BCUT2D eigenvalue weighted by atomic mass is 10.1. The number of hydrogen-bond donors (Lipinski definition) is 0. The van der Waals surface area contributed by atoms with Crippen LogP contribution in [0.3, 0.4) is 0 Å². The zero-order valence-electron chi connectivity index (χ0n) is 12.1. The number of benzene rings is 1. The first-order valence-corrected chi connectivity index (χ1v) is 7.50. The summed E-state index contributed by atoms with van der Waals surface area (Å²) in [5.41, 5.74) is 1.92. The van der Waals surface area contributed by atoms with Gasteiger partial charge in [-0.3, -0.25) is 4.79 Å². The van der Waals surface area contributed by atoms with Crippen LogP contribution in [0.5, 0.6) is 0 Å². The standard InChI is InChI=1S/C17H16N2O3/c20-11-13-7-8-15(22-13)14-5-3-4-12-10-18-19(17(12)14)16-6-1-2-9-21-16/h3-5,7-8,10-11,16H,1-2,6,9H2. The van der Waals surface area contributed by atoms with Crippen LogP contribution in [-0.2, 0) is 4.74 Å². The number of carbonyl (C=O) groups excluding carboxylic acids is 1. The maximum atomic E-state index is 10.8. The molecule has 2 aromatic heterocycles. The molecule has 1 aromatic carbocycles. The highest BCUT2D eigenvalue weighted by molar-refractivity contribution is 5.93. The molecule has 0 spiro atoms. The molecule has 0 saturated carbocycles. The first-order valence-electron chi connectivity index (χ1n) is 7.50. The molecule has 1 aliphatic heterocycles. The van der Waals surface area contributed by atoms with Crippen molar-refractivity contribution in [2.45, 2.75) is 25.5 Å². The second kappa shape index (κ2) is 5.42. The van der Waals surface area contributed by atoms with Crippen LogP contribution in [0.25, 0.3) is 22.2 Å². The van der Waals surface area contributed by atoms with Crippen LogP contribution in [0, 0.1) is 0 Å². The topological polar surface area (TPSA) is 57.3 Å². The summed E-state index contributed by atoms with van der Waals surface area (Å²) in [5.74, 6) is 0.997. The minimum Gasteiger partial charge on any atom is -0.453 e. The fourth-order valence-corrected chi connectivity index (χ4v) is 3.00. The van der Waals surface area contributed by atoms with Gasteiger partial charge in [0.1, 0.15) is 5.76 Å².